The van der Waals surface area contributed by atoms with E-state index >= 15 is 0 Å². The zero-order valence-electron chi connectivity index (χ0n) is 14.4. The molecule has 0 saturated carbocycles. The molecule has 3 aromatic rings. The molecule has 1 amide bonds. The van der Waals surface area contributed by atoms with E-state index in [2.05, 4.69) is 5.32 Å². The van der Waals surface area contributed by atoms with Crippen LogP contribution in [0, 0.1) is 0 Å². The van der Waals surface area contributed by atoms with Crippen LogP contribution in [-0.4, -0.2) is 20.1 Å². The zero-order chi connectivity index (χ0) is 20.1. The molecule has 144 valence electrons. The summed E-state index contributed by atoms with van der Waals surface area (Å²) in [6.45, 7) is 0. The van der Waals surface area contributed by atoms with Crippen molar-refractivity contribution in [2.45, 2.75) is 10.7 Å². The maximum atomic E-state index is 12.6. The molecule has 0 spiro atoms. The van der Waals surface area contributed by atoms with Crippen molar-refractivity contribution in [2.24, 2.45) is 0 Å². The van der Waals surface area contributed by atoms with Crippen molar-refractivity contribution in [3.63, 3.8) is 0 Å². The zero-order valence-corrected chi connectivity index (χ0v) is 15.2. The molecule has 3 rings (SSSR count). The number of anilines is 1. The summed E-state index contributed by atoms with van der Waals surface area (Å²) >= 11 is 0. The van der Waals surface area contributed by atoms with Crippen LogP contribution in [0.25, 0.3) is 0 Å². The fourth-order valence-corrected chi connectivity index (χ4v) is 3.09. The van der Waals surface area contributed by atoms with Gasteiger partial charge in [0.2, 0.25) is 9.84 Å². The van der Waals surface area contributed by atoms with Crippen LogP contribution in [0.5, 0.6) is 11.5 Å². The Morgan fingerprint density at radius 1 is 0.857 bits per heavy atom. The molecule has 0 bridgehead atoms. The number of alkyl halides is 2. The predicted molar refractivity (Wildman–Crippen MR) is 101 cm³/mol. The van der Waals surface area contributed by atoms with Crippen LogP contribution in [0.1, 0.15) is 10.4 Å². The van der Waals surface area contributed by atoms with Gasteiger partial charge in [-0.1, -0.05) is 24.3 Å². The van der Waals surface area contributed by atoms with Crippen molar-refractivity contribution in [2.75, 3.05) is 5.32 Å². The van der Waals surface area contributed by atoms with E-state index in [9.17, 15) is 22.0 Å². The lowest BCUT2D eigenvalue weighted by Crippen LogP contribution is -2.14. The quantitative estimate of drug-likeness (QED) is 0.646. The van der Waals surface area contributed by atoms with E-state index in [-0.39, 0.29) is 5.56 Å². The molecule has 0 heterocycles. The first kappa shape index (κ1) is 19.5. The van der Waals surface area contributed by atoms with Crippen LogP contribution in [0.4, 0.5) is 14.5 Å². The minimum Gasteiger partial charge on any atom is -0.457 e. The van der Waals surface area contributed by atoms with E-state index < -0.39 is 26.4 Å². The van der Waals surface area contributed by atoms with Gasteiger partial charge in [0, 0.05) is 17.3 Å². The van der Waals surface area contributed by atoms with Crippen LogP contribution in [0.15, 0.2) is 83.8 Å². The van der Waals surface area contributed by atoms with Crippen molar-refractivity contribution in [1.29, 1.82) is 0 Å². The number of ether oxygens (including phenoxy) is 1. The Labute approximate surface area is 160 Å². The number of amides is 1. The van der Waals surface area contributed by atoms with E-state index in [4.69, 9.17) is 4.74 Å². The fraction of sp³-hybridized carbons (Fsp3) is 0.0500. The molecule has 0 atom stereocenters. The molecule has 3 aromatic carbocycles. The summed E-state index contributed by atoms with van der Waals surface area (Å²) < 4.78 is 53.7. The molecule has 0 aliphatic heterocycles. The van der Waals surface area contributed by atoms with Crippen molar-refractivity contribution < 1.29 is 26.7 Å². The van der Waals surface area contributed by atoms with Gasteiger partial charge in [-0.15, -0.1) is 0 Å². The monoisotopic (exact) mass is 403 g/mol. The topological polar surface area (TPSA) is 72.5 Å². The maximum absolute atomic E-state index is 12.6. The second-order valence-electron chi connectivity index (χ2n) is 5.73. The Bertz CT molecular complexity index is 1070. The minimum atomic E-state index is -4.70. The normalized spacial score (nSPS) is 11.2. The highest BCUT2D eigenvalue weighted by Gasteiger charge is 2.26. The average molecular weight is 403 g/mol. The molecular weight excluding hydrogens is 388 g/mol. The SMILES string of the molecule is O=C(Nc1cccc(Oc2ccccc2)c1)c1ccc(S(=O)(=O)C(F)F)cc1. The van der Waals surface area contributed by atoms with Gasteiger partial charge in [-0.25, -0.2) is 8.42 Å². The lowest BCUT2D eigenvalue weighted by molar-refractivity contribution is 0.102. The summed E-state index contributed by atoms with van der Waals surface area (Å²) in [7, 11) is -4.70. The third-order valence-electron chi connectivity index (χ3n) is 3.75. The highest BCUT2D eigenvalue weighted by atomic mass is 32.2. The van der Waals surface area contributed by atoms with E-state index in [1.54, 1.807) is 36.4 Å². The van der Waals surface area contributed by atoms with Crippen molar-refractivity contribution in [1.82, 2.24) is 0 Å². The highest BCUT2D eigenvalue weighted by molar-refractivity contribution is 7.91. The molecular formula is C20H15F2NO4S. The van der Waals surface area contributed by atoms with Gasteiger partial charge >= 0.3 is 5.76 Å². The number of hydrogen-bond acceptors (Lipinski definition) is 4. The van der Waals surface area contributed by atoms with Crippen LogP contribution >= 0.6 is 0 Å². The molecule has 0 aromatic heterocycles. The van der Waals surface area contributed by atoms with Crippen LogP contribution in [-0.2, 0) is 9.84 Å². The first-order valence-electron chi connectivity index (χ1n) is 8.13. The van der Waals surface area contributed by atoms with E-state index in [1.807, 2.05) is 18.2 Å². The summed E-state index contributed by atoms with van der Waals surface area (Å²) in [5.74, 6) is -2.87. The second-order valence-corrected chi connectivity index (χ2v) is 7.64. The Morgan fingerprint density at radius 2 is 1.50 bits per heavy atom. The van der Waals surface area contributed by atoms with Gasteiger partial charge in [-0.05, 0) is 48.5 Å². The smallest absolute Gasteiger partial charge is 0.341 e. The number of nitrogens with one attached hydrogen (secondary N) is 1. The number of para-hydroxylation sites is 1. The lowest BCUT2D eigenvalue weighted by atomic mass is 10.2. The third-order valence-corrected chi connectivity index (χ3v) is 5.15. The second kappa shape index (κ2) is 8.18. The van der Waals surface area contributed by atoms with Crippen molar-refractivity contribution in [3.05, 3.63) is 84.4 Å². The molecule has 0 fully saturated rings. The molecule has 8 heteroatoms. The van der Waals surface area contributed by atoms with Gasteiger partial charge in [-0.3, -0.25) is 4.79 Å². The van der Waals surface area contributed by atoms with Crippen LogP contribution in [0.3, 0.4) is 0 Å². The van der Waals surface area contributed by atoms with Gasteiger partial charge in [0.25, 0.3) is 5.91 Å². The van der Waals surface area contributed by atoms with Gasteiger partial charge in [-0.2, -0.15) is 8.78 Å². The Balaban J connectivity index is 1.72. The lowest BCUT2D eigenvalue weighted by Gasteiger charge is -2.09. The molecule has 0 saturated heterocycles. The van der Waals surface area contributed by atoms with Crippen LogP contribution in [0.2, 0.25) is 0 Å². The standard InChI is InChI=1S/C20H15F2NO4S/c21-20(22)28(25,26)18-11-9-14(10-12-18)19(24)23-15-5-4-8-17(13-15)27-16-6-2-1-3-7-16/h1-13,20H,(H,23,24). The Kier molecular flexibility index (Phi) is 5.70. The molecule has 0 aliphatic rings. The van der Waals surface area contributed by atoms with Crippen molar-refractivity contribution in [3.8, 4) is 11.5 Å². The average Bonchev–Trinajstić information content (AvgIpc) is 2.69. The summed E-state index contributed by atoms with van der Waals surface area (Å²) in [6, 6.07) is 20.1. The summed E-state index contributed by atoms with van der Waals surface area (Å²) in [6.07, 6.45) is 0. The number of hydrogen-bond donors (Lipinski definition) is 1. The summed E-state index contributed by atoms with van der Waals surface area (Å²) in [4.78, 5) is 11.8. The number of halogens is 2. The van der Waals surface area contributed by atoms with Crippen molar-refractivity contribution >= 4 is 21.4 Å². The van der Waals surface area contributed by atoms with Gasteiger partial charge in [0.1, 0.15) is 11.5 Å². The molecule has 0 radical (unpaired) electrons. The van der Waals surface area contributed by atoms with Crippen LogP contribution < -0.4 is 10.1 Å². The number of carbonyl (C=O) groups is 1. The van der Waals surface area contributed by atoms with E-state index in [0.717, 1.165) is 12.1 Å². The van der Waals surface area contributed by atoms with Gasteiger partial charge in [0.05, 0.1) is 4.90 Å². The van der Waals surface area contributed by atoms with E-state index in [0.29, 0.717) is 17.2 Å². The largest absolute Gasteiger partial charge is 0.457 e. The Morgan fingerprint density at radius 3 is 2.14 bits per heavy atom. The highest BCUT2D eigenvalue weighted by Crippen LogP contribution is 2.24. The van der Waals surface area contributed by atoms with Gasteiger partial charge < -0.3 is 10.1 Å². The third kappa shape index (κ3) is 4.52. The maximum Gasteiger partial charge on any atom is 0.341 e. The fourth-order valence-electron chi connectivity index (χ4n) is 2.36. The number of benzene rings is 3. The summed E-state index contributed by atoms with van der Waals surface area (Å²) in [5, 5.41) is 2.65. The molecule has 0 aliphatic carbocycles. The predicted octanol–water partition coefficient (Wildman–Crippen LogP) is 4.73. The van der Waals surface area contributed by atoms with E-state index in [1.165, 1.54) is 12.1 Å². The molecule has 1 N–H and O–H groups in total. The summed E-state index contributed by atoms with van der Waals surface area (Å²) in [5.41, 5.74) is 0.588. The first-order valence-corrected chi connectivity index (χ1v) is 9.67. The first-order chi connectivity index (χ1) is 13.4. The Hall–Kier alpha value is -3.26. The number of carbonyl (C=O) groups excluding carboxylic acids is 1. The minimum absolute atomic E-state index is 0.127. The van der Waals surface area contributed by atoms with Gasteiger partial charge in [0.15, 0.2) is 0 Å². The molecule has 28 heavy (non-hydrogen) atoms. The molecule has 0 unspecified atom stereocenters. The molecule has 5 nitrogen and oxygen atoms in total. The number of sulfone groups is 1. The number of rotatable bonds is 6.